The molecule has 0 saturated carbocycles. The molecular weight excluding hydrogens is 310 g/mol. The SMILES string of the molecule is N#Cc1ccccc1COC(=O)c1ccccc1Cc1ccccc1. The second-order valence-corrected chi connectivity index (χ2v) is 5.66. The lowest BCUT2D eigenvalue weighted by atomic mass is 10.00. The Bertz CT molecular complexity index is 911. The van der Waals surface area contributed by atoms with Gasteiger partial charge in [0.05, 0.1) is 17.2 Å². The average molecular weight is 327 g/mol. The van der Waals surface area contributed by atoms with Gasteiger partial charge in [-0.25, -0.2) is 4.79 Å². The monoisotopic (exact) mass is 327 g/mol. The Hall–Kier alpha value is -3.38. The van der Waals surface area contributed by atoms with Crippen LogP contribution >= 0.6 is 0 Å². The molecule has 0 unspecified atom stereocenters. The van der Waals surface area contributed by atoms with E-state index < -0.39 is 0 Å². The zero-order chi connectivity index (χ0) is 17.5. The first kappa shape index (κ1) is 16.5. The van der Waals surface area contributed by atoms with Crippen LogP contribution in [0.1, 0.15) is 32.6 Å². The Balaban J connectivity index is 1.75. The Morgan fingerprint density at radius 2 is 1.48 bits per heavy atom. The zero-order valence-electron chi connectivity index (χ0n) is 13.7. The normalized spacial score (nSPS) is 10.0. The molecule has 122 valence electrons. The lowest BCUT2D eigenvalue weighted by Gasteiger charge is -2.10. The van der Waals surface area contributed by atoms with Crippen molar-refractivity contribution in [1.82, 2.24) is 0 Å². The number of nitriles is 1. The zero-order valence-corrected chi connectivity index (χ0v) is 13.7. The van der Waals surface area contributed by atoms with Crippen LogP contribution in [0, 0.1) is 11.3 Å². The molecule has 0 aliphatic heterocycles. The number of nitrogens with zero attached hydrogens (tertiary/aromatic N) is 1. The van der Waals surface area contributed by atoms with Gasteiger partial charge < -0.3 is 4.74 Å². The third-order valence-electron chi connectivity index (χ3n) is 3.97. The van der Waals surface area contributed by atoms with Crippen molar-refractivity contribution in [3.05, 3.63) is 107 Å². The van der Waals surface area contributed by atoms with Crippen molar-refractivity contribution in [3.8, 4) is 6.07 Å². The van der Waals surface area contributed by atoms with Crippen molar-refractivity contribution in [3.63, 3.8) is 0 Å². The quantitative estimate of drug-likeness (QED) is 0.648. The summed E-state index contributed by atoms with van der Waals surface area (Å²) in [6.45, 7) is 0.0856. The summed E-state index contributed by atoms with van der Waals surface area (Å²) in [6.07, 6.45) is 0.668. The summed E-state index contributed by atoms with van der Waals surface area (Å²) in [4.78, 5) is 12.5. The van der Waals surface area contributed by atoms with Crippen molar-refractivity contribution in [2.75, 3.05) is 0 Å². The molecule has 3 aromatic rings. The number of rotatable bonds is 5. The van der Waals surface area contributed by atoms with Crippen LogP contribution in [0.3, 0.4) is 0 Å². The van der Waals surface area contributed by atoms with Gasteiger partial charge in [-0.05, 0) is 29.7 Å². The van der Waals surface area contributed by atoms with Gasteiger partial charge in [0.15, 0.2) is 0 Å². The van der Waals surface area contributed by atoms with E-state index in [1.165, 1.54) is 0 Å². The summed E-state index contributed by atoms with van der Waals surface area (Å²) in [5, 5.41) is 9.12. The van der Waals surface area contributed by atoms with Gasteiger partial charge in [0.1, 0.15) is 6.61 Å². The Kier molecular flexibility index (Phi) is 5.23. The van der Waals surface area contributed by atoms with Gasteiger partial charge in [-0.2, -0.15) is 5.26 Å². The van der Waals surface area contributed by atoms with Gasteiger partial charge in [-0.3, -0.25) is 0 Å². The number of ether oxygens (including phenoxy) is 1. The second kappa shape index (κ2) is 7.94. The smallest absolute Gasteiger partial charge is 0.338 e. The molecule has 0 N–H and O–H groups in total. The van der Waals surface area contributed by atoms with Gasteiger partial charge in [-0.1, -0.05) is 66.7 Å². The van der Waals surface area contributed by atoms with E-state index in [4.69, 9.17) is 10.00 Å². The maximum absolute atomic E-state index is 12.5. The lowest BCUT2D eigenvalue weighted by Crippen LogP contribution is -2.09. The van der Waals surface area contributed by atoms with E-state index in [1.807, 2.05) is 54.6 Å². The third kappa shape index (κ3) is 4.13. The highest BCUT2D eigenvalue weighted by atomic mass is 16.5. The molecule has 3 aromatic carbocycles. The minimum Gasteiger partial charge on any atom is -0.457 e. The molecule has 0 heterocycles. The second-order valence-electron chi connectivity index (χ2n) is 5.66. The highest BCUT2D eigenvalue weighted by Gasteiger charge is 2.13. The van der Waals surface area contributed by atoms with Crippen LogP contribution in [0.25, 0.3) is 0 Å². The molecule has 25 heavy (non-hydrogen) atoms. The molecule has 0 bridgehead atoms. The number of carbonyl (C=O) groups is 1. The molecule has 0 fully saturated rings. The van der Waals surface area contributed by atoms with E-state index in [-0.39, 0.29) is 12.6 Å². The number of benzene rings is 3. The van der Waals surface area contributed by atoms with Crippen LogP contribution in [0.2, 0.25) is 0 Å². The highest BCUT2D eigenvalue weighted by Crippen LogP contribution is 2.17. The van der Waals surface area contributed by atoms with Crippen molar-refractivity contribution in [2.45, 2.75) is 13.0 Å². The van der Waals surface area contributed by atoms with E-state index in [2.05, 4.69) is 6.07 Å². The topological polar surface area (TPSA) is 50.1 Å². The van der Waals surface area contributed by atoms with Crippen LogP contribution in [0.5, 0.6) is 0 Å². The largest absolute Gasteiger partial charge is 0.457 e. The molecule has 0 atom stereocenters. The number of hydrogen-bond donors (Lipinski definition) is 0. The Morgan fingerprint density at radius 1 is 0.840 bits per heavy atom. The molecule has 0 saturated heterocycles. The van der Waals surface area contributed by atoms with E-state index in [9.17, 15) is 4.79 Å². The maximum Gasteiger partial charge on any atom is 0.338 e. The van der Waals surface area contributed by atoms with Gasteiger partial charge in [0, 0.05) is 5.56 Å². The fourth-order valence-electron chi connectivity index (χ4n) is 2.67. The van der Waals surface area contributed by atoms with Gasteiger partial charge in [-0.15, -0.1) is 0 Å². The van der Waals surface area contributed by atoms with Crippen LogP contribution in [-0.2, 0) is 17.8 Å². The van der Waals surface area contributed by atoms with Crippen LogP contribution in [-0.4, -0.2) is 5.97 Å². The predicted octanol–water partition coefficient (Wildman–Crippen LogP) is 4.51. The van der Waals surface area contributed by atoms with Crippen molar-refractivity contribution in [2.24, 2.45) is 0 Å². The summed E-state index contributed by atoms with van der Waals surface area (Å²) in [6, 6.07) is 26.7. The minimum absolute atomic E-state index is 0.0856. The van der Waals surface area contributed by atoms with E-state index in [0.29, 0.717) is 23.1 Å². The van der Waals surface area contributed by atoms with Crippen LogP contribution < -0.4 is 0 Å². The molecule has 0 radical (unpaired) electrons. The minimum atomic E-state index is -0.376. The van der Waals surface area contributed by atoms with Crippen LogP contribution in [0.4, 0.5) is 0 Å². The number of esters is 1. The molecule has 0 aliphatic carbocycles. The first-order valence-corrected chi connectivity index (χ1v) is 8.05. The molecule has 3 nitrogen and oxygen atoms in total. The number of hydrogen-bond acceptors (Lipinski definition) is 3. The summed E-state index contributed by atoms with van der Waals surface area (Å²) >= 11 is 0. The summed E-state index contributed by atoms with van der Waals surface area (Å²) in [5.41, 5.74) is 3.84. The first-order chi connectivity index (χ1) is 12.3. The fourth-order valence-corrected chi connectivity index (χ4v) is 2.67. The van der Waals surface area contributed by atoms with Gasteiger partial charge >= 0.3 is 5.97 Å². The maximum atomic E-state index is 12.5. The molecule has 3 rings (SSSR count). The Labute approximate surface area is 147 Å². The average Bonchev–Trinajstić information content (AvgIpc) is 2.67. The van der Waals surface area contributed by atoms with Crippen molar-refractivity contribution < 1.29 is 9.53 Å². The fraction of sp³-hybridized carbons (Fsp3) is 0.0909. The van der Waals surface area contributed by atoms with E-state index in [0.717, 1.165) is 11.1 Å². The number of carbonyl (C=O) groups excluding carboxylic acids is 1. The molecule has 3 heteroatoms. The molecule has 0 amide bonds. The predicted molar refractivity (Wildman–Crippen MR) is 96.0 cm³/mol. The molecule has 0 aromatic heterocycles. The standard InChI is InChI=1S/C22H17NO2/c23-15-19-11-4-5-12-20(19)16-25-22(24)21-13-7-6-10-18(21)14-17-8-2-1-3-9-17/h1-13H,14,16H2. The van der Waals surface area contributed by atoms with Gasteiger partial charge in [0.2, 0.25) is 0 Å². The molecule has 0 spiro atoms. The third-order valence-corrected chi connectivity index (χ3v) is 3.97. The lowest BCUT2D eigenvalue weighted by molar-refractivity contribution is 0.0471. The first-order valence-electron chi connectivity index (χ1n) is 8.05. The molecule has 0 aliphatic rings. The molecular formula is C22H17NO2. The van der Waals surface area contributed by atoms with Gasteiger partial charge in [0.25, 0.3) is 0 Å². The van der Waals surface area contributed by atoms with E-state index in [1.54, 1.807) is 24.3 Å². The van der Waals surface area contributed by atoms with Crippen molar-refractivity contribution >= 4 is 5.97 Å². The Morgan fingerprint density at radius 3 is 2.24 bits per heavy atom. The van der Waals surface area contributed by atoms with Crippen molar-refractivity contribution in [1.29, 1.82) is 5.26 Å². The van der Waals surface area contributed by atoms with E-state index >= 15 is 0 Å². The highest BCUT2D eigenvalue weighted by molar-refractivity contribution is 5.91. The van der Waals surface area contributed by atoms with Crippen LogP contribution in [0.15, 0.2) is 78.9 Å². The summed E-state index contributed by atoms with van der Waals surface area (Å²) in [7, 11) is 0. The summed E-state index contributed by atoms with van der Waals surface area (Å²) in [5.74, 6) is -0.376. The summed E-state index contributed by atoms with van der Waals surface area (Å²) < 4.78 is 5.44.